The van der Waals surface area contributed by atoms with Crippen molar-refractivity contribution in [1.29, 1.82) is 0 Å². The minimum atomic E-state index is -0.572. The molecule has 0 bridgehead atoms. The summed E-state index contributed by atoms with van der Waals surface area (Å²) < 4.78 is 10.0. The lowest BCUT2D eigenvalue weighted by atomic mass is 10.1. The van der Waals surface area contributed by atoms with Crippen molar-refractivity contribution in [1.82, 2.24) is 5.43 Å². The number of hydrazone groups is 1. The van der Waals surface area contributed by atoms with Crippen LogP contribution in [0.5, 0.6) is 11.5 Å². The minimum absolute atomic E-state index is 0.191. The first kappa shape index (κ1) is 14.4. The standard InChI is InChI=1S/C11H13N3O5/c1-7(15)13-12-6-8-4-10(18-2)11(19-3)5-9(8)14(16)17/h4-6H,1-3H3,(H,13,15)/b12-6+. The maximum absolute atomic E-state index is 10.9. The second kappa shape index (κ2) is 6.34. The number of ether oxygens (including phenoxy) is 2. The number of carbonyl (C=O) groups excluding carboxylic acids is 1. The van der Waals surface area contributed by atoms with Gasteiger partial charge in [-0.15, -0.1) is 0 Å². The van der Waals surface area contributed by atoms with Crippen LogP contribution in [0.1, 0.15) is 12.5 Å². The molecule has 0 fully saturated rings. The third-order valence-electron chi connectivity index (χ3n) is 2.16. The van der Waals surface area contributed by atoms with Crippen LogP contribution in [0.25, 0.3) is 0 Å². The minimum Gasteiger partial charge on any atom is -0.493 e. The lowest BCUT2D eigenvalue weighted by molar-refractivity contribution is -0.385. The first-order valence-electron chi connectivity index (χ1n) is 5.19. The van der Waals surface area contributed by atoms with E-state index in [4.69, 9.17) is 9.47 Å². The average Bonchev–Trinajstić information content (AvgIpc) is 2.37. The summed E-state index contributed by atoms with van der Waals surface area (Å²) in [4.78, 5) is 21.0. The number of methoxy groups -OCH3 is 2. The number of nitro benzene ring substituents is 1. The number of benzene rings is 1. The lowest BCUT2D eigenvalue weighted by Gasteiger charge is -2.08. The third-order valence-corrected chi connectivity index (χ3v) is 2.16. The zero-order valence-electron chi connectivity index (χ0n) is 10.7. The highest BCUT2D eigenvalue weighted by Crippen LogP contribution is 2.33. The Morgan fingerprint density at radius 3 is 2.42 bits per heavy atom. The summed E-state index contributed by atoms with van der Waals surface area (Å²) in [5, 5.41) is 14.5. The quantitative estimate of drug-likeness (QED) is 0.488. The van der Waals surface area contributed by atoms with Gasteiger partial charge in [-0.25, -0.2) is 5.43 Å². The Kier molecular flexibility index (Phi) is 4.81. The van der Waals surface area contributed by atoms with E-state index in [-0.39, 0.29) is 22.9 Å². The van der Waals surface area contributed by atoms with Gasteiger partial charge in [0.2, 0.25) is 5.91 Å². The van der Waals surface area contributed by atoms with E-state index in [9.17, 15) is 14.9 Å². The molecule has 8 nitrogen and oxygen atoms in total. The van der Waals surface area contributed by atoms with Crippen LogP contribution in [-0.4, -0.2) is 31.3 Å². The molecule has 0 radical (unpaired) electrons. The van der Waals surface area contributed by atoms with Crippen LogP contribution in [-0.2, 0) is 4.79 Å². The number of hydrogen-bond donors (Lipinski definition) is 1. The first-order chi connectivity index (χ1) is 8.99. The van der Waals surface area contributed by atoms with Gasteiger partial charge in [-0.3, -0.25) is 14.9 Å². The van der Waals surface area contributed by atoms with Crippen molar-refractivity contribution >= 4 is 17.8 Å². The van der Waals surface area contributed by atoms with Crippen molar-refractivity contribution in [2.45, 2.75) is 6.92 Å². The van der Waals surface area contributed by atoms with Crippen LogP contribution >= 0.6 is 0 Å². The van der Waals surface area contributed by atoms with E-state index in [0.717, 1.165) is 0 Å². The fourth-order valence-corrected chi connectivity index (χ4v) is 1.34. The predicted molar refractivity (Wildman–Crippen MR) is 67.6 cm³/mol. The summed E-state index contributed by atoms with van der Waals surface area (Å²) in [6.45, 7) is 1.28. The van der Waals surface area contributed by atoms with E-state index in [2.05, 4.69) is 10.5 Å². The molecule has 0 unspecified atom stereocenters. The molecule has 0 heterocycles. The molecule has 0 aliphatic heterocycles. The number of hydrogen-bond acceptors (Lipinski definition) is 6. The number of amides is 1. The van der Waals surface area contributed by atoms with E-state index >= 15 is 0 Å². The number of nitro groups is 1. The van der Waals surface area contributed by atoms with Crippen LogP contribution in [0.2, 0.25) is 0 Å². The van der Waals surface area contributed by atoms with Gasteiger partial charge in [0.1, 0.15) is 0 Å². The zero-order chi connectivity index (χ0) is 14.4. The van der Waals surface area contributed by atoms with Crippen molar-refractivity contribution in [3.63, 3.8) is 0 Å². The molecule has 0 aliphatic carbocycles. The smallest absolute Gasteiger partial charge is 0.282 e. The van der Waals surface area contributed by atoms with Crippen LogP contribution in [0.4, 0.5) is 5.69 Å². The molecule has 1 amide bonds. The molecule has 0 saturated carbocycles. The molecule has 0 aliphatic rings. The maximum atomic E-state index is 10.9. The van der Waals surface area contributed by atoms with Crippen LogP contribution < -0.4 is 14.9 Å². The second-order valence-corrected chi connectivity index (χ2v) is 3.45. The summed E-state index contributed by atoms with van der Waals surface area (Å²) >= 11 is 0. The van der Waals surface area contributed by atoms with Gasteiger partial charge in [0.25, 0.3) is 5.69 Å². The Morgan fingerprint density at radius 2 is 1.95 bits per heavy atom. The molecule has 0 aromatic heterocycles. The molecular weight excluding hydrogens is 254 g/mol. The van der Waals surface area contributed by atoms with E-state index in [0.29, 0.717) is 5.75 Å². The molecule has 1 N–H and O–H groups in total. The number of nitrogens with one attached hydrogen (secondary N) is 1. The Labute approximate surface area is 109 Å². The molecule has 0 spiro atoms. The summed E-state index contributed by atoms with van der Waals surface area (Å²) in [5.74, 6) is 0.197. The number of carbonyl (C=O) groups is 1. The fraction of sp³-hybridized carbons (Fsp3) is 0.273. The number of nitrogens with zero attached hydrogens (tertiary/aromatic N) is 2. The van der Waals surface area contributed by atoms with Gasteiger partial charge in [-0.05, 0) is 6.07 Å². The van der Waals surface area contributed by atoms with Crippen molar-refractivity contribution in [2.75, 3.05) is 14.2 Å². The van der Waals surface area contributed by atoms with Gasteiger partial charge < -0.3 is 9.47 Å². The van der Waals surface area contributed by atoms with E-state index in [1.54, 1.807) is 0 Å². The highest BCUT2D eigenvalue weighted by Gasteiger charge is 2.18. The SMILES string of the molecule is COc1cc(/C=N/NC(C)=O)c([N+](=O)[O-])cc1OC. The van der Waals surface area contributed by atoms with Gasteiger partial charge in [0.15, 0.2) is 11.5 Å². The molecule has 1 rings (SSSR count). The van der Waals surface area contributed by atoms with Gasteiger partial charge in [-0.2, -0.15) is 5.10 Å². The Hall–Kier alpha value is -2.64. The monoisotopic (exact) mass is 267 g/mol. The third kappa shape index (κ3) is 3.66. The summed E-state index contributed by atoms with van der Waals surface area (Å²) in [6.07, 6.45) is 1.17. The molecular formula is C11H13N3O5. The summed E-state index contributed by atoms with van der Waals surface area (Å²) in [6, 6.07) is 2.64. The Morgan fingerprint density at radius 1 is 1.37 bits per heavy atom. The van der Waals surface area contributed by atoms with Gasteiger partial charge >= 0.3 is 0 Å². The summed E-state index contributed by atoms with van der Waals surface area (Å²) in [7, 11) is 2.80. The van der Waals surface area contributed by atoms with E-state index < -0.39 is 4.92 Å². The molecule has 102 valence electrons. The first-order valence-corrected chi connectivity index (χ1v) is 5.19. The molecule has 1 aromatic rings. The van der Waals surface area contributed by atoms with Gasteiger partial charge in [-0.1, -0.05) is 0 Å². The molecule has 19 heavy (non-hydrogen) atoms. The van der Waals surface area contributed by atoms with Crippen molar-refractivity contribution < 1.29 is 19.2 Å². The highest BCUT2D eigenvalue weighted by molar-refractivity contribution is 5.87. The van der Waals surface area contributed by atoms with Crippen molar-refractivity contribution in [3.8, 4) is 11.5 Å². The topological polar surface area (TPSA) is 103 Å². The summed E-state index contributed by atoms with van der Waals surface area (Å²) in [5.41, 5.74) is 2.15. The van der Waals surface area contributed by atoms with Crippen molar-refractivity contribution in [3.05, 3.63) is 27.8 Å². The fourth-order valence-electron chi connectivity index (χ4n) is 1.34. The lowest BCUT2D eigenvalue weighted by Crippen LogP contribution is -2.12. The highest BCUT2D eigenvalue weighted by atomic mass is 16.6. The number of rotatable bonds is 5. The molecule has 0 saturated heterocycles. The second-order valence-electron chi connectivity index (χ2n) is 3.45. The van der Waals surface area contributed by atoms with Crippen LogP contribution in [0.15, 0.2) is 17.2 Å². The van der Waals surface area contributed by atoms with Gasteiger partial charge in [0.05, 0.1) is 37.0 Å². The van der Waals surface area contributed by atoms with E-state index in [1.807, 2.05) is 0 Å². The molecule has 8 heteroatoms. The maximum Gasteiger partial charge on any atom is 0.282 e. The predicted octanol–water partition coefficient (Wildman–Crippen LogP) is 1.08. The Balaban J connectivity index is 3.23. The molecule has 0 atom stereocenters. The van der Waals surface area contributed by atoms with Crippen molar-refractivity contribution in [2.24, 2.45) is 5.10 Å². The Bertz CT molecular complexity index is 527. The van der Waals surface area contributed by atoms with E-state index in [1.165, 1.54) is 39.5 Å². The van der Waals surface area contributed by atoms with Gasteiger partial charge in [0, 0.05) is 6.92 Å². The molecule has 1 aromatic carbocycles. The van der Waals surface area contributed by atoms with Crippen LogP contribution in [0.3, 0.4) is 0 Å². The van der Waals surface area contributed by atoms with Crippen LogP contribution in [0, 0.1) is 10.1 Å². The normalized spacial score (nSPS) is 10.3. The largest absolute Gasteiger partial charge is 0.493 e. The average molecular weight is 267 g/mol. The zero-order valence-corrected chi connectivity index (χ0v) is 10.7.